The Morgan fingerprint density at radius 2 is 1.00 bits per heavy atom. The van der Waals surface area contributed by atoms with E-state index in [-0.39, 0.29) is 25.9 Å². The third kappa shape index (κ3) is 17.1. The molecule has 5 rings (SSSR count). The standard InChI is InChI=1S/C13H13N3O4.C11H9N3O4.C8H11N3O.C7H10O5.CH6N2/c1-3-20-12(18)10-11(17)16(13(19)15(2)14-10)9-7-5-4-6-8-9;1-13-11(18)14(7-5-3-2-4-6-7)9(15)8(12-13)10(16)17;1-11(9)8(12)10-7-5-3-2-4-6-7;1-3-11-6(9)5(8)7(10)12-4-2;1-3-2/h4-8H,3H2,1-2H3;2-6H,1H3,(H,16,17);2-6H,9H2,1H3,(H,10,12);3-4H2,1-2H3;3H,2H2,1H3. The number of hydrogen-bond donors (Lipinski definition) is 5. The number of hydrazine groups is 2. The second-order valence-corrected chi connectivity index (χ2v) is 12.0. The minimum absolute atomic E-state index is 0.0595. The lowest BCUT2D eigenvalue weighted by Crippen LogP contribution is -2.43. The maximum absolute atomic E-state index is 12.2. The summed E-state index contributed by atoms with van der Waals surface area (Å²) in [5.74, 6) is 3.88. The molecule has 0 aliphatic rings. The Balaban J connectivity index is 0.000000435. The zero-order valence-electron chi connectivity index (χ0n) is 36.3. The Morgan fingerprint density at radius 1 is 0.646 bits per heavy atom. The van der Waals surface area contributed by atoms with Crippen LogP contribution in [0.2, 0.25) is 0 Å². The number of Topliss-reactive ketones (excluding diaryl/α,β-unsaturated/α-hetero) is 1. The first kappa shape index (κ1) is 54.6. The number of ether oxygens (including phenoxy) is 3. The molecular formula is C40H49N11O14. The van der Waals surface area contributed by atoms with Crippen LogP contribution in [0.4, 0.5) is 10.5 Å². The molecule has 0 saturated heterocycles. The lowest BCUT2D eigenvalue weighted by Gasteiger charge is -2.10. The Hall–Kier alpha value is -8.42. The Labute approximate surface area is 369 Å². The number of carbonyl (C=O) groups is 6. The van der Waals surface area contributed by atoms with Crippen LogP contribution in [-0.4, -0.2) is 108 Å². The van der Waals surface area contributed by atoms with E-state index in [0.29, 0.717) is 11.4 Å². The highest BCUT2D eigenvalue weighted by Gasteiger charge is 2.25. The molecule has 0 fully saturated rings. The number of aromatic nitrogens is 6. The monoisotopic (exact) mass is 907 g/mol. The quantitative estimate of drug-likeness (QED) is 0.0225. The first-order chi connectivity index (χ1) is 30.8. The van der Waals surface area contributed by atoms with E-state index in [1.807, 2.05) is 18.2 Å². The number of aromatic carboxylic acids is 1. The van der Waals surface area contributed by atoms with Crippen LogP contribution in [0.1, 0.15) is 41.7 Å². The molecule has 65 heavy (non-hydrogen) atoms. The van der Waals surface area contributed by atoms with Crippen molar-refractivity contribution >= 4 is 41.4 Å². The number of esters is 3. The number of rotatable bonds is 10. The van der Waals surface area contributed by atoms with Gasteiger partial charge in [0.2, 0.25) is 11.4 Å². The molecule has 2 aromatic heterocycles. The molecule has 0 spiro atoms. The van der Waals surface area contributed by atoms with Crippen molar-refractivity contribution in [3.63, 3.8) is 0 Å². The summed E-state index contributed by atoms with van der Waals surface area (Å²) in [6.07, 6.45) is 0. The highest BCUT2D eigenvalue weighted by atomic mass is 16.6. The third-order valence-electron chi connectivity index (χ3n) is 7.21. The van der Waals surface area contributed by atoms with Gasteiger partial charge in [0.1, 0.15) is 0 Å². The van der Waals surface area contributed by atoms with Gasteiger partial charge in [-0.25, -0.2) is 57.9 Å². The molecule has 0 aliphatic heterocycles. The van der Waals surface area contributed by atoms with Gasteiger partial charge < -0.3 is 24.6 Å². The number of carboxylic acid groups (broad SMARTS) is 1. The average Bonchev–Trinajstić information content (AvgIpc) is 3.28. The predicted octanol–water partition coefficient (Wildman–Crippen LogP) is -0.477. The Kier molecular flexibility index (Phi) is 23.7. The van der Waals surface area contributed by atoms with Crippen molar-refractivity contribution in [3.8, 4) is 11.4 Å². The van der Waals surface area contributed by atoms with Crippen LogP contribution in [0.25, 0.3) is 11.4 Å². The number of benzene rings is 3. The molecule has 0 unspecified atom stereocenters. The van der Waals surface area contributed by atoms with Crippen molar-refractivity contribution < 1.29 is 48.1 Å². The van der Waals surface area contributed by atoms with Gasteiger partial charge in [-0.1, -0.05) is 54.6 Å². The van der Waals surface area contributed by atoms with E-state index >= 15 is 0 Å². The Morgan fingerprint density at radius 3 is 1.35 bits per heavy atom. The van der Waals surface area contributed by atoms with Crippen molar-refractivity contribution in [2.45, 2.75) is 20.8 Å². The molecule has 0 atom stereocenters. The molecule has 5 aromatic rings. The molecule has 2 heterocycles. The summed E-state index contributed by atoms with van der Waals surface area (Å²) in [7, 11) is 5.79. The van der Waals surface area contributed by atoms with Gasteiger partial charge in [-0.2, -0.15) is 10.2 Å². The largest absolute Gasteiger partial charge is 0.476 e. The number of nitrogens with two attached hydrogens (primary N) is 2. The molecule has 348 valence electrons. The minimum atomic E-state index is -1.47. The van der Waals surface area contributed by atoms with Crippen LogP contribution in [0, 0.1) is 0 Å². The first-order valence-corrected chi connectivity index (χ1v) is 18.8. The Bertz CT molecular complexity index is 2590. The van der Waals surface area contributed by atoms with Crippen molar-refractivity contribution in [3.05, 3.63) is 144 Å². The molecular weight excluding hydrogens is 859 g/mol. The molecule has 0 bridgehead atoms. The number of urea groups is 1. The van der Waals surface area contributed by atoms with Crippen molar-refractivity contribution in [2.24, 2.45) is 25.8 Å². The molecule has 7 N–H and O–H groups in total. The van der Waals surface area contributed by atoms with Gasteiger partial charge in [-0.05, 0) is 64.2 Å². The van der Waals surface area contributed by atoms with Crippen molar-refractivity contribution in [1.82, 2.24) is 39.1 Å². The molecule has 25 nitrogen and oxygen atoms in total. The van der Waals surface area contributed by atoms with Gasteiger partial charge >= 0.3 is 47.1 Å². The lowest BCUT2D eigenvalue weighted by atomic mass is 10.3. The van der Waals surface area contributed by atoms with Crippen molar-refractivity contribution in [2.75, 3.05) is 39.2 Å². The summed E-state index contributed by atoms with van der Waals surface area (Å²) in [6.45, 7) is 4.93. The SMILES string of the molecule is CCOC(=O)C(=O)C(=O)OCC.CCOC(=O)c1nn(C)c(=O)n(-c2ccccc2)c1=O.CN(N)C(=O)Nc1ccccc1.CNN.Cn1nc(C(=O)O)c(=O)n(-c2ccccc2)c1=O. The zero-order valence-corrected chi connectivity index (χ0v) is 36.3. The highest BCUT2D eigenvalue weighted by molar-refractivity contribution is 6.60. The van der Waals surface area contributed by atoms with Crippen molar-refractivity contribution in [1.29, 1.82) is 0 Å². The topological polar surface area (TPSA) is 343 Å². The van der Waals surface area contributed by atoms with E-state index in [2.05, 4.69) is 36.3 Å². The second-order valence-electron chi connectivity index (χ2n) is 12.0. The lowest BCUT2D eigenvalue weighted by molar-refractivity contribution is -0.164. The van der Waals surface area contributed by atoms with E-state index in [1.165, 1.54) is 47.1 Å². The highest BCUT2D eigenvalue weighted by Crippen LogP contribution is 2.05. The smallest absolute Gasteiger partial charge is 0.386 e. The number of anilines is 1. The number of hydrogen-bond acceptors (Lipinski definition) is 18. The maximum atomic E-state index is 12.2. The van der Waals surface area contributed by atoms with Gasteiger partial charge in [-0.3, -0.25) is 30.7 Å². The number of aryl methyl sites for hydroxylation is 2. The van der Waals surface area contributed by atoms with Crippen LogP contribution in [0.3, 0.4) is 0 Å². The number of para-hydroxylation sites is 3. The van der Waals surface area contributed by atoms with E-state index in [1.54, 1.807) is 74.6 Å². The van der Waals surface area contributed by atoms with E-state index < -0.39 is 63.5 Å². The van der Waals surface area contributed by atoms with Crippen LogP contribution in [0.5, 0.6) is 0 Å². The fourth-order valence-electron chi connectivity index (χ4n) is 4.43. The molecule has 0 saturated carbocycles. The normalized spacial score (nSPS) is 9.62. The predicted molar refractivity (Wildman–Crippen MR) is 232 cm³/mol. The molecule has 2 amide bonds. The fraction of sp³-hybridized carbons (Fsp3) is 0.250. The number of nitrogens with one attached hydrogen (secondary N) is 2. The van der Waals surface area contributed by atoms with Crippen LogP contribution in [-0.2, 0) is 42.7 Å². The van der Waals surface area contributed by atoms with E-state index in [4.69, 9.17) is 15.7 Å². The fourth-order valence-corrected chi connectivity index (χ4v) is 4.43. The number of ketones is 1. The second kappa shape index (κ2) is 28.2. The zero-order chi connectivity index (χ0) is 49.2. The summed E-state index contributed by atoms with van der Waals surface area (Å²) >= 11 is 0. The maximum Gasteiger partial charge on any atom is 0.386 e. The van der Waals surface area contributed by atoms with Gasteiger partial charge in [0.15, 0.2) is 0 Å². The average molecular weight is 908 g/mol. The minimum Gasteiger partial charge on any atom is -0.476 e. The molecule has 25 heteroatoms. The van der Waals surface area contributed by atoms with E-state index in [0.717, 1.165) is 29.2 Å². The van der Waals surface area contributed by atoms with Gasteiger partial charge in [-0.15, -0.1) is 0 Å². The van der Waals surface area contributed by atoms with Crippen LogP contribution in [0.15, 0.2) is 110 Å². The number of nitrogens with zero attached hydrogens (tertiary/aromatic N) is 7. The molecule has 0 radical (unpaired) electrons. The molecule has 3 aromatic carbocycles. The van der Waals surface area contributed by atoms with Gasteiger partial charge in [0.05, 0.1) is 31.2 Å². The molecule has 0 aliphatic carbocycles. The van der Waals surface area contributed by atoms with Gasteiger partial charge in [0, 0.05) is 26.8 Å². The van der Waals surface area contributed by atoms with Crippen LogP contribution >= 0.6 is 0 Å². The third-order valence-corrected chi connectivity index (χ3v) is 7.21. The summed E-state index contributed by atoms with van der Waals surface area (Å²) in [5.41, 5.74) is -0.530. The number of carbonyl (C=O) groups excluding carboxylic acids is 5. The van der Waals surface area contributed by atoms with Gasteiger partial charge in [0.25, 0.3) is 11.1 Å². The summed E-state index contributed by atoms with van der Waals surface area (Å²) in [5, 5.41) is 19.6. The number of carboxylic acids is 1. The van der Waals surface area contributed by atoms with E-state index in [9.17, 15) is 47.9 Å². The number of amides is 2. The summed E-state index contributed by atoms with van der Waals surface area (Å²) in [6, 6.07) is 25.2. The summed E-state index contributed by atoms with van der Waals surface area (Å²) in [4.78, 5) is 113. The van der Waals surface area contributed by atoms with Crippen LogP contribution < -0.4 is 44.9 Å². The first-order valence-electron chi connectivity index (χ1n) is 18.8. The summed E-state index contributed by atoms with van der Waals surface area (Å²) < 4.78 is 16.7.